The average molecular weight is 448 g/mol. The summed E-state index contributed by atoms with van der Waals surface area (Å²) in [6.07, 6.45) is 5.45. The lowest BCUT2D eigenvalue weighted by atomic mass is 10.1. The number of amides is 1. The smallest absolute Gasteiger partial charge is 0.255 e. The molecule has 0 spiro atoms. The molecule has 0 saturated carbocycles. The Balaban J connectivity index is 0.00000196. The number of nitrogens with zero attached hydrogens (tertiary/aromatic N) is 2. The van der Waals surface area contributed by atoms with Crippen LogP contribution < -0.4 is 20.7 Å². The Morgan fingerprint density at radius 3 is 2.64 bits per heavy atom. The van der Waals surface area contributed by atoms with Gasteiger partial charge in [0.2, 0.25) is 0 Å². The molecule has 1 aliphatic heterocycles. The number of carbonyl (C=O) groups excluding carboxylic acids is 1. The van der Waals surface area contributed by atoms with Gasteiger partial charge in [-0.05, 0) is 43.0 Å². The van der Waals surface area contributed by atoms with E-state index < -0.39 is 0 Å². The second kappa shape index (κ2) is 11.2. The Kier molecular flexibility index (Phi) is 9.65. The number of anilines is 2. The minimum Gasteiger partial charge on any atom is -0.496 e. The van der Waals surface area contributed by atoms with Crippen LogP contribution in [0.2, 0.25) is 5.02 Å². The highest BCUT2D eigenvalue weighted by Crippen LogP contribution is 2.28. The molecular formula is C19H25Cl3N4O2. The van der Waals surface area contributed by atoms with Gasteiger partial charge in [0.25, 0.3) is 5.91 Å². The third-order valence-corrected chi connectivity index (χ3v) is 4.83. The predicted octanol–water partition coefficient (Wildman–Crippen LogP) is 4.09. The van der Waals surface area contributed by atoms with Gasteiger partial charge in [0.15, 0.2) is 0 Å². The summed E-state index contributed by atoms with van der Waals surface area (Å²) >= 11 is 6.04. The van der Waals surface area contributed by atoms with Crippen LogP contribution >= 0.6 is 36.4 Å². The van der Waals surface area contributed by atoms with Crippen LogP contribution in [0, 0.1) is 0 Å². The Hall–Kier alpha value is -1.89. The molecule has 1 fully saturated rings. The van der Waals surface area contributed by atoms with Crippen molar-refractivity contribution >= 4 is 53.8 Å². The fourth-order valence-electron chi connectivity index (χ4n) is 3.06. The van der Waals surface area contributed by atoms with Crippen LogP contribution in [0.1, 0.15) is 35.2 Å². The second-order valence-electron chi connectivity index (χ2n) is 6.33. The standard InChI is InChI=1S/C19H23ClN4O2.2ClH/c1-26-17-11-16(21)15(20)10-14(17)19(25)23-12-13-5-6-22-18(9-13)24-7-3-2-4-8-24;;/h5-6,9-11H,2-4,7-8,12,21H2,1H3,(H,23,25);2*1H. The Morgan fingerprint density at radius 2 is 1.96 bits per heavy atom. The number of nitrogens with one attached hydrogen (secondary N) is 1. The maximum Gasteiger partial charge on any atom is 0.255 e. The number of carbonyl (C=O) groups is 1. The van der Waals surface area contributed by atoms with Crippen LogP contribution in [0.3, 0.4) is 0 Å². The third-order valence-electron chi connectivity index (χ3n) is 4.51. The van der Waals surface area contributed by atoms with E-state index in [4.69, 9.17) is 22.1 Å². The van der Waals surface area contributed by atoms with Gasteiger partial charge < -0.3 is 20.7 Å². The highest BCUT2D eigenvalue weighted by atomic mass is 35.5. The van der Waals surface area contributed by atoms with Gasteiger partial charge in [-0.2, -0.15) is 0 Å². The van der Waals surface area contributed by atoms with E-state index in [1.807, 2.05) is 12.1 Å². The largest absolute Gasteiger partial charge is 0.496 e. The quantitative estimate of drug-likeness (QED) is 0.675. The molecule has 2 aromatic rings. The normalized spacial score (nSPS) is 13.1. The zero-order valence-electron chi connectivity index (χ0n) is 15.6. The van der Waals surface area contributed by atoms with Crippen molar-refractivity contribution in [3.8, 4) is 5.75 Å². The first-order valence-corrected chi connectivity index (χ1v) is 9.07. The number of nitrogens with two attached hydrogens (primary N) is 1. The number of benzene rings is 1. The molecule has 154 valence electrons. The van der Waals surface area contributed by atoms with Crippen molar-refractivity contribution < 1.29 is 9.53 Å². The zero-order chi connectivity index (χ0) is 18.5. The van der Waals surface area contributed by atoms with E-state index in [0.29, 0.717) is 28.6 Å². The average Bonchev–Trinajstić information content (AvgIpc) is 2.68. The molecule has 1 aromatic heterocycles. The van der Waals surface area contributed by atoms with Crippen LogP contribution in [0.5, 0.6) is 5.75 Å². The number of hydrogen-bond acceptors (Lipinski definition) is 5. The molecule has 0 atom stereocenters. The van der Waals surface area contributed by atoms with Crippen molar-refractivity contribution in [3.63, 3.8) is 0 Å². The molecule has 0 radical (unpaired) electrons. The lowest BCUT2D eigenvalue weighted by Crippen LogP contribution is -2.30. The van der Waals surface area contributed by atoms with Crippen molar-refractivity contribution in [1.82, 2.24) is 10.3 Å². The number of halogens is 3. The third kappa shape index (κ3) is 5.80. The summed E-state index contributed by atoms with van der Waals surface area (Å²) in [6, 6.07) is 7.01. The molecule has 1 amide bonds. The predicted molar refractivity (Wildman–Crippen MR) is 118 cm³/mol. The van der Waals surface area contributed by atoms with Crippen molar-refractivity contribution in [2.75, 3.05) is 30.8 Å². The number of rotatable bonds is 5. The first-order chi connectivity index (χ1) is 12.6. The molecule has 1 saturated heterocycles. The number of methoxy groups -OCH3 is 1. The summed E-state index contributed by atoms with van der Waals surface area (Å²) in [4.78, 5) is 19.3. The molecule has 0 unspecified atom stereocenters. The number of ether oxygens (including phenoxy) is 1. The van der Waals surface area contributed by atoms with Crippen molar-refractivity contribution in [2.24, 2.45) is 0 Å². The van der Waals surface area contributed by atoms with E-state index >= 15 is 0 Å². The van der Waals surface area contributed by atoms with Gasteiger partial charge in [-0.3, -0.25) is 4.79 Å². The minimum atomic E-state index is -0.264. The summed E-state index contributed by atoms with van der Waals surface area (Å²) in [5.41, 5.74) is 7.49. The number of hydrogen-bond donors (Lipinski definition) is 2. The maximum atomic E-state index is 12.5. The van der Waals surface area contributed by atoms with Crippen LogP contribution in [0.4, 0.5) is 11.5 Å². The van der Waals surface area contributed by atoms with Crippen LogP contribution in [0.15, 0.2) is 30.5 Å². The van der Waals surface area contributed by atoms with E-state index in [9.17, 15) is 4.79 Å². The van der Waals surface area contributed by atoms with E-state index in [-0.39, 0.29) is 30.7 Å². The minimum absolute atomic E-state index is 0. The van der Waals surface area contributed by atoms with Gasteiger partial charge in [-0.25, -0.2) is 4.98 Å². The van der Waals surface area contributed by atoms with Gasteiger partial charge in [-0.1, -0.05) is 11.6 Å². The van der Waals surface area contributed by atoms with Gasteiger partial charge in [-0.15, -0.1) is 24.8 Å². The number of aromatic nitrogens is 1. The Morgan fingerprint density at radius 1 is 1.25 bits per heavy atom. The highest BCUT2D eigenvalue weighted by Gasteiger charge is 2.16. The molecule has 2 heterocycles. The molecular weight excluding hydrogens is 423 g/mol. The summed E-state index contributed by atoms with van der Waals surface area (Å²) < 4.78 is 5.24. The van der Waals surface area contributed by atoms with E-state index in [1.165, 1.54) is 32.4 Å². The van der Waals surface area contributed by atoms with Crippen LogP contribution in [-0.2, 0) is 6.54 Å². The lowest BCUT2D eigenvalue weighted by molar-refractivity contribution is 0.0948. The maximum absolute atomic E-state index is 12.5. The molecule has 3 rings (SSSR count). The molecule has 28 heavy (non-hydrogen) atoms. The van der Waals surface area contributed by atoms with Crippen molar-refractivity contribution in [3.05, 3.63) is 46.6 Å². The van der Waals surface area contributed by atoms with Gasteiger partial charge in [0.1, 0.15) is 11.6 Å². The van der Waals surface area contributed by atoms with E-state index in [2.05, 4.69) is 15.2 Å². The fourth-order valence-corrected chi connectivity index (χ4v) is 3.22. The van der Waals surface area contributed by atoms with E-state index in [1.54, 1.807) is 12.3 Å². The van der Waals surface area contributed by atoms with Gasteiger partial charge >= 0.3 is 0 Å². The second-order valence-corrected chi connectivity index (χ2v) is 6.73. The van der Waals surface area contributed by atoms with E-state index in [0.717, 1.165) is 24.5 Å². The molecule has 1 aliphatic rings. The topological polar surface area (TPSA) is 80.5 Å². The first kappa shape index (κ1) is 24.1. The summed E-state index contributed by atoms with van der Waals surface area (Å²) in [7, 11) is 1.49. The van der Waals surface area contributed by atoms with Crippen LogP contribution in [-0.4, -0.2) is 31.1 Å². The highest BCUT2D eigenvalue weighted by molar-refractivity contribution is 6.33. The van der Waals surface area contributed by atoms with Crippen LogP contribution in [0.25, 0.3) is 0 Å². The first-order valence-electron chi connectivity index (χ1n) is 8.69. The van der Waals surface area contributed by atoms with Crippen molar-refractivity contribution in [2.45, 2.75) is 25.8 Å². The Bertz CT molecular complexity index is 799. The SMILES string of the molecule is COc1cc(N)c(Cl)cc1C(=O)NCc1ccnc(N2CCCCC2)c1.Cl.Cl. The molecule has 3 N–H and O–H groups in total. The molecule has 1 aromatic carbocycles. The summed E-state index contributed by atoms with van der Waals surface area (Å²) in [6.45, 7) is 2.46. The number of piperidine rings is 1. The number of nitrogen functional groups attached to an aromatic ring is 1. The molecule has 0 aliphatic carbocycles. The molecule has 0 bridgehead atoms. The van der Waals surface area contributed by atoms with Crippen molar-refractivity contribution in [1.29, 1.82) is 0 Å². The molecule has 6 nitrogen and oxygen atoms in total. The molecule has 9 heteroatoms. The summed E-state index contributed by atoms with van der Waals surface area (Å²) in [5, 5.41) is 3.23. The summed E-state index contributed by atoms with van der Waals surface area (Å²) in [5.74, 6) is 1.10. The van der Waals surface area contributed by atoms with Gasteiger partial charge in [0.05, 0.1) is 23.4 Å². The fraction of sp³-hybridized carbons (Fsp3) is 0.368. The number of pyridine rings is 1. The lowest BCUT2D eigenvalue weighted by Gasteiger charge is -2.27. The Labute approximate surface area is 182 Å². The monoisotopic (exact) mass is 446 g/mol. The van der Waals surface area contributed by atoms with Gasteiger partial charge in [0, 0.05) is 31.9 Å². The zero-order valence-corrected chi connectivity index (χ0v) is 18.0.